The van der Waals surface area contributed by atoms with Gasteiger partial charge < -0.3 is 9.73 Å². The molecule has 142 valence electrons. The van der Waals surface area contributed by atoms with Crippen LogP contribution < -0.4 is 5.32 Å². The molecule has 1 atom stereocenters. The van der Waals surface area contributed by atoms with Crippen LogP contribution in [0.25, 0.3) is 0 Å². The molecule has 1 unspecified atom stereocenters. The highest BCUT2D eigenvalue weighted by Crippen LogP contribution is 2.39. The minimum absolute atomic E-state index is 0.189. The zero-order valence-electron chi connectivity index (χ0n) is 14.8. The van der Waals surface area contributed by atoms with Crippen LogP contribution in [0.15, 0.2) is 32.0 Å². The number of nitrogens with one attached hydrogen (secondary N) is 1. The largest absolute Gasteiger partial charge is 0.465 e. The summed E-state index contributed by atoms with van der Waals surface area (Å²) in [7, 11) is 0. The van der Waals surface area contributed by atoms with E-state index in [2.05, 4.69) is 21.2 Å². The van der Waals surface area contributed by atoms with E-state index in [1.165, 1.54) is 17.8 Å². The number of anilines is 1. The van der Waals surface area contributed by atoms with Gasteiger partial charge in [-0.25, -0.2) is 0 Å². The Bertz CT molecular complexity index is 817. The summed E-state index contributed by atoms with van der Waals surface area (Å²) in [5.41, 5.74) is -0.956. The van der Waals surface area contributed by atoms with Crippen molar-refractivity contribution in [1.29, 1.82) is 0 Å². The van der Waals surface area contributed by atoms with E-state index in [1.807, 2.05) is 13.8 Å². The molecule has 1 heterocycles. The number of hydrogen-bond donors (Lipinski definition) is 1. The Hall–Kier alpha value is -1.41. The molecule has 0 fully saturated rings. The molecule has 0 aliphatic rings. The van der Waals surface area contributed by atoms with E-state index in [-0.39, 0.29) is 16.5 Å². The fourth-order valence-electron chi connectivity index (χ4n) is 2.36. The van der Waals surface area contributed by atoms with Gasteiger partial charge in [-0.2, -0.15) is 13.2 Å². The third kappa shape index (κ3) is 4.65. The summed E-state index contributed by atoms with van der Waals surface area (Å²) in [6.45, 7) is 7.18. The van der Waals surface area contributed by atoms with E-state index >= 15 is 0 Å². The van der Waals surface area contributed by atoms with Crippen molar-refractivity contribution in [2.75, 3.05) is 5.32 Å². The summed E-state index contributed by atoms with van der Waals surface area (Å²) in [6, 6.07) is 3.96. The minimum atomic E-state index is -4.58. The number of rotatable bonds is 5. The highest BCUT2D eigenvalue weighted by Gasteiger charge is 2.35. The normalized spacial score (nSPS) is 12.9. The summed E-state index contributed by atoms with van der Waals surface area (Å²) >= 11 is 4.61. The molecule has 0 saturated heterocycles. The lowest BCUT2D eigenvalue weighted by Gasteiger charge is -2.16. The molecule has 8 heteroatoms. The fraction of sp³-hybridized carbons (Fsp3) is 0.389. The van der Waals surface area contributed by atoms with Crippen molar-refractivity contribution in [2.24, 2.45) is 0 Å². The molecule has 0 aliphatic heterocycles. The predicted octanol–water partition coefficient (Wildman–Crippen LogP) is 6.82. The maximum Gasteiger partial charge on any atom is 0.418 e. The Labute approximate surface area is 162 Å². The van der Waals surface area contributed by atoms with Gasteiger partial charge in [-0.1, -0.05) is 13.8 Å². The molecule has 1 N–H and O–H groups in total. The molecule has 0 bridgehead atoms. The van der Waals surface area contributed by atoms with Crippen LogP contribution in [0.5, 0.6) is 0 Å². The van der Waals surface area contributed by atoms with Crippen molar-refractivity contribution < 1.29 is 22.4 Å². The van der Waals surface area contributed by atoms with Gasteiger partial charge >= 0.3 is 6.18 Å². The standard InChI is InChI=1S/C18H19BrF3NO2S/c1-5-9(2)26-12-6-7-14(13(8-12)18(20,21)22)23-17(24)15-10(3)25-11(4)16(15)19/h6-9H,5H2,1-4H3,(H,23,24). The van der Waals surface area contributed by atoms with Crippen molar-refractivity contribution in [3.63, 3.8) is 0 Å². The summed E-state index contributed by atoms with van der Waals surface area (Å²) in [4.78, 5) is 13.0. The average Bonchev–Trinajstić information content (AvgIpc) is 2.80. The van der Waals surface area contributed by atoms with Crippen LogP contribution in [-0.2, 0) is 6.18 Å². The SMILES string of the molecule is CCC(C)Sc1ccc(NC(=O)c2c(C)oc(C)c2Br)c(C(F)(F)F)c1. The number of carbonyl (C=O) groups is 1. The third-order valence-electron chi connectivity index (χ3n) is 3.87. The fourth-order valence-corrected chi connectivity index (χ4v) is 3.86. The molecule has 26 heavy (non-hydrogen) atoms. The second-order valence-corrected chi connectivity index (χ2v) is 8.20. The van der Waals surface area contributed by atoms with Gasteiger partial charge in [0.2, 0.25) is 0 Å². The van der Waals surface area contributed by atoms with E-state index < -0.39 is 17.6 Å². The first-order valence-electron chi connectivity index (χ1n) is 7.99. The second-order valence-electron chi connectivity index (χ2n) is 5.90. The van der Waals surface area contributed by atoms with Gasteiger partial charge in [0.1, 0.15) is 11.5 Å². The van der Waals surface area contributed by atoms with Gasteiger partial charge in [-0.3, -0.25) is 4.79 Å². The Balaban J connectivity index is 2.37. The monoisotopic (exact) mass is 449 g/mol. The Kier molecular flexibility index (Phi) is 6.50. The number of carbonyl (C=O) groups excluding carboxylic acids is 1. The topological polar surface area (TPSA) is 42.2 Å². The van der Waals surface area contributed by atoms with Gasteiger partial charge in [-0.05, 0) is 54.4 Å². The molecule has 3 nitrogen and oxygen atoms in total. The Morgan fingerprint density at radius 3 is 2.46 bits per heavy atom. The molecule has 2 rings (SSSR count). The number of furan rings is 1. The molecule has 1 amide bonds. The number of benzene rings is 1. The molecular formula is C18H19BrF3NO2S. The maximum atomic E-state index is 13.5. The molecule has 1 aromatic heterocycles. The van der Waals surface area contributed by atoms with Crippen LogP contribution >= 0.6 is 27.7 Å². The first-order chi connectivity index (χ1) is 12.0. The molecule has 0 aliphatic carbocycles. The summed E-state index contributed by atoms with van der Waals surface area (Å²) in [6.07, 6.45) is -3.73. The number of hydrogen-bond acceptors (Lipinski definition) is 3. The van der Waals surface area contributed by atoms with Gasteiger partial charge in [0.25, 0.3) is 5.91 Å². The lowest BCUT2D eigenvalue weighted by atomic mass is 10.1. The van der Waals surface area contributed by atoms with Crippen LogP contribution in [-0.4, -0.2) is 11.2 Å². The third-order valence-corrected chi connectivity index (χ3v) is 6.09. The van der Waals surface area contributed by atoms with E-state index in [1.54, 1.807) is 19.9 Å². The minimum Gasteiger partial charge on any atom is -0.465 e. The number of amides is 1. The van der Waals surface area contributed by atoms with Gasteiger partial charge in [0.05, 0.1) is 21.3 Å². The van der Waals surface area contributed by atoms with Crippen LogP contribution in [0.1, 0.15) is 47.7 Å². The number of halogens is 4. The smallest absolute Gasteiger partial charge is 0.418 e. The average molecular weight is 450 g/mol. The van der Waals surface area contributed by atoms with E-state index in [4.69, 9.17) is 4.42 Å². The molecule has 1 aromatic carbocycles. The number of aryl methyl sites for hydroxylation is 2. The molecule has 2 aromatic rings. The lowest BCUT2D eigenvalue weighted by molar-refractivity contribution is -0.137. The highest BCUT2D eigenvalue weighted by atomic mass is 79.9. The van der Waals surface area contributed by atoms with Crippen molar-refractivity contribution in [1.82, 2.24) is 0 Å². The Morgan fingerprint density at radius 2 is 1.96 bits per heavy atom. The zero-order valence-corrected chi connectivity index (χ0v) is 17.2. The molecule has 0 saturated carbocycles. The van der Waals surface area contributed by atoms with Crippen molar-refractivity contribution >= 4 is 39.3 Å². The summed E-state index contributed by atoms with van der Waals surface area (Å²) in [5, 5.41) is 2.56. The van der Waals surface area contributed by atoms with Crippen LogP contribution in [0, 0.1) is 13.8 Å². The molecule has 0 radical (unpaired) electrons. The van der Waals surface area contributed by atoms with Gasteiger partial charge in [-0.15, -0.1) is 11.8 Å². The van der Waals surface area contributed by atoms with E-state index in [0.717, 1.165) is 12.5 Å². The quantitative estimate of drug-likeness (QED) is 0.509. The lowest BCUT2D eigenvalue weighted by Crippen LogP contribution is -2.17. The zero-order chi connectivity index (χ0) is 19.6. The number of thioether (sulfide) groups is 1. The first-order valence-corrected chi connectivity index (χ1v) is 9.66. The van der Waals surface area contributed by atoms with Crippen LogP contribution in [0.4, 0.5) is 18.9 Å². The van der Waals surface area contributed by atoms with Gasteiger partial charge in [0, 0.05) is 10.1 Å². The number of alkyl halides is 3. The maximum absolute atomic E-state index is 13.5. The summed E-state index contributed by atoms with van der Waals surface area (Å²) < 4.78 is 46.2. The Morgan fingerprint density at radius 1 is 1.31 bits per heavy atom. The molecular weight excluding hydrogens is 431 g/mol. The van der Waals surface area contributed by atoms with Crippen molar-refractivity contribution in [3.05, 3.63) is 45.3 Å². The van der Waals surface area contributed by atoms with Crippen molar-refractivity contribution in [2.45, 2.75) is 50.4 Å². The van der Waals surface area contributed by atoms with E-state index in [0.29, 0.717) is 20.9 Å². The predicted molar refractivity (Wildman–Crippen MR) is 101 cm³/mol. The van der Waals surface area contributed by atoms with E-state index in [9.17, 15) is 18.0 Å². The van der Waals surface area contributed by atoms with Gasteiger partial charge in [0.15, 0.2) is 0 Å². The first kappa shape index (κ1) is 20.9. The summed E-state index contributed by atoms with van der Waals surface area (Å²) in [5.74, 6) is 0.174. The highest BCUT2D eigenvalue weighted by molar-refractivity contribution is 9.10. The van der Waals surface area contributed by atoms with Crippen LogP contribution in [0.2, 0.25) is 0 Å². The van der Waals surface area contributed by atoms with Crippen LogP contribution in [0.3, 0.4) is 0 Å². The van der Waals surface area contributed by atoms with Crippen molar-refractivity contribution in [3.8, 4) is 0 Å². The molecule has 0 spiro atoms. The second kappa shape index (κ2) is 8.08.